The van der Waals surface area contributed by atoms with E-state index in [1.54, 1.807) is 42.4 Å². The fraction of sp³-hybridized carbons (Fsp3) is 0.333. The smallest absolute Gasteiger partial charge is 0.331 e. The van der Waals surface area contributed by atoms with Crippen LogP contribution in [0.3, 0.4) is 0 Å². The molecule has 0 aliphatic carbocycles. The number of rotatable bonds is 8. The predicted molar refractivity (Wildman–Crippen MR) is 116 cm³/mol. The van der Waals surface area contributed by atoms with Crippen molar-refractivity contribution in [2.24, 2.45) is 0 Å². The van der Waals surface area contributed by atoms with Crippen LogP contribution in [0, 0.1) is 0 Å². The van der Waals surface area contributed by atoms with Gasteiger partial charge in [-0.25, -0.2) is 4.79 Å². The van der Waals surface area contributed by atoms with E-state index < -0.39 is 12.1 Å². The Hall–Kier alpha value is -3.48. The average molecular weight is 425 g/mol. The van der Waals surface area contributed by atoms with Crippen molar-refractivity contribution in [3.8, 4) is 17.2 Å². The standard InChI is InChI=1S/C24H27NO6/c1-4-25(5-2)24(27)22(18-9-7-6-8-10-18)31-21(26)12-11-17-15-19(28-3)23-20(16-17)29-13-14-30-23/h6-12,15-16,22H,4-5,13-14H2,1-3H3/b12-11+/t22-/m1/s1. The van der Waals surface area contributed by atoms with Crippen LogP contribution in [0.15, 0.2) is 48.5 Å². The van der Waals surface area contributed by atoms with Crippen LogP contribution in [0.1, 0.15) is 31.1 Å². The third kappa shape index (κ3) is 5.36. The van der Waals surface area contributed by atoms with Gasteiger partial charge in [-0.2, -0.15) is 0 Å². The first kappa shape index (κ1) is 22.2. The minimum atomic E-state index is -1.01. The number of carbonyl (C=O) groups excluding carboxylic acids is 2. The Kier molecular flexibility index (Phi) is 7.54. The first-order chi connectivity index (χ1) is 15.1. The van der Waals surface area contributed by atoms with E-state index in [0.29, 0.717) is 54.7 Å². The van der Waals surface area contributed by atoms with Crippen LogP contribution in [-0.2, 0) is 14.3 Å². The summed E-state index contributed by atoms with van der Waals surface area (Å²) in [5.41, 5.74) is 1.31. The molecule has 0 radical (unpaired) electrons. The largest absolute Gasteiger partial charge is 0.493 e. The summed E-state index contributed by atoms with van der Waals surface area (Å²) in [4.78, 5) is 27.2. The molecule has 0 N–H and O–H groups in total. The minimum Gasteiger partial charge on any atom is -0.493 e. The molecule has 1 amide bonds. The van der Waals surface area contributed by atoms with Crippen molar-refractivity contribution < 1.29 is 28.5 Å². The van der Waals surface area contributed by atoms with Crippen LogP contribution in [0.25, 0.3) is 6.08 Å². The lowest BCUT2D eigenvalue weighted by Crippen LogP contribution is -2.36. The molecular weight excluding hydrogens is 398 g/mol. The summed E-state index contributed by atoms with van der Waals surface area (Å²) < 4.78 is 22.1. The van der Waals surface area contributed by atoms with Gasteiger partial charge in [0.05, 0.1) is 7.11 Å². The Morgan fingerprint density at radius 2 is 1.81 bits per heavy atom. The highest BCUT2D eigenvalue weighted by molar-refractivity contribution is 5.91. The predicted octanol–water partition coefficient (Wildman–Crippen LogP) is 3.63. The van der Waals surface area contributed by atoms with E-state index >= 15 is 0 Å². The Morgan fingerprint density at radius 1 is 1.10 bits per heavy atom. The van der Waals surface area contributed by atoms with E-state index in [0.717, 1.165) is 0 Å². The molecule has 0 aromatic heterocycles. The van der Waals surface area contributed by atoms with Gasteiger partial charge >= 0.3 is 5.97 Å². The summed E-state index contributed by atoms with van der Waals surface area (Å²) >= 11 is 0. The molecule has 0 fully saturated rings. The van der Waals surface area contributed by atoms with Gasteiger partial charge in [-0.1, -0.05) is 30.3 Å². The zero-order chi connectivity index (χ0) is 22.2. The van der Waals surface area contributed by atoms with Gasteiger partial charge in [0, 0.05) is 24.7 Å². The molecule has 2 aromatic rings. The topological polar surface area (TPSA) is 74.3 Å². The number of methoxy groups -OCH3 is 1. The van der Waals surface area contributed by atoms with Gasteiger partial charge in [0.15, 0.2) is 11.5 Å². The highest BCUT2D eigenvalue weighted by Gasteiger charge is 2.27. The van der Waals surface area contributed by atoms with Crippen molar-refractivity contribution in [2.75, 3.05) is 33.4 Å². The van der Waals surface area contributed by atoms with Gasteiger partial charge in [-0.15, -0.1) is 0 Å². The normalized spacial score (nSPS) is 13.5. The summed E-state index contributed by atoms with van der Waals surface area (Å²) in [6.45, 7) is 5.73. The number of nitrogens with zero attached hydrogens (tertiary/aromatic N) is 1. The molecule has 0 spiro atoms. The van der Waals surface area contributed by atoms with Crippen LogP contribution >= 0.6 is 0 Å². The van der Waals surface area contributed by atoms with E-state index in [1.165, 1.54) is 6.08 Å². The van der Waals surface area contributed by atoms with Crippen LogP contribution in [0.4, 0.5) is 0 Å². The van der Waals surface area contributed by atoms with Crippen molar-refractivity contribution >= 4 is 18.0 Å². The molecule has 1 heterocycles. The highest BCUT2D eigenvalue weighted by Crippen LogP contribution is 2.40. The van der Waals surface area contributed by atoms with Gasteiger partial charge < -0.3 is 23.8 Å². The lowest BCUT2D eigenvalue weighted by Gasteiger charge is -2.25. The minimum absolute atomic E-state index is 0.251. The third-order valence-corrected chi connectivity index (χ3v) is 4.90. The number of hydrogen-bond acceptors (Lipinski definition) is 6. The highest BCUT2D eigenvalue weighted by atomic mass is 16.6. The molecule has 0 saturated heterocycles. The molecule has 31 heavy (non-hydrogen) atoms. The van der Waals surface area contributed by atoms with Crippen LogP contribution in [0.5, 0.6) is 17.2 Å². The maximum absolute atomic E-state index is 12.9. The van der Waals surface area contributed by atoms with E-state index in [2.05, 4.69) is 0 Å². The zero-order valence-corrected chi connectivity index (χ0v) is 18.0. The first-order valence-corrected chi connectivity index (χ1v) is 10.3. The molecule has 1 aliphatic heterocycles. The summed E-state index contributed by atoms with van der Waals surface area (Å²) in [5, 5.41) is 0. The number of amides is 1. The van der Waals surface area contributed by atoms with Gasteiger partial charge in [-0.3, -0.25) is 4.79 Å². The number of carbonyl (C=O) groups is 2. The molecule has 7 heteroatoms. The first-order valence-electron chi connectivity index (χ1n) is 10.3. The summed E-state index contributed by atoms with van der Waals surface area (Å²) in [6, 6.07) is 12.5. The fourth-order valence-electron chi connectivity index (χ4n) is 3.30. The molecule has 2 aromatic carbocycles. The number of hydrogen-bond donors (Lipinski definition) is 0. The Bertz CT molecular complexity index is 919. The maximum atomic E-state index is 12.9. The third-order valence-electron chi connectivity index (χ3n) is 4.90. The van der Waals surface area contributed by atoms with Crippen molar-refractivity contribution in [1.82, 2.24) is 4.90 Å². The number of ether oxygens (including phenoxy) is 4. The van der Waals surface area contributed by atoms with Crippen molar-refractivity contribution in [2.45, 2.75) is 20.0 Å². The lowest BCUT2D eigenvalue weighted by atomic mass is 10.1. The number of likely N-dealkylation sites (N-methyl/N-ethyl adjacent to an activating group) is 1. The Labute approximate surface area is 182 Å². The van der Waals surface area contributed by atoms with Crippen LogP contribution in [-0.4, -0.2) is 50.2 Å². The summed E-state index contributed by atoms with van der Waals surface area (Å²) in [6.07, 6.45) is 1.87. The monoisotopic (exact) mass is 425 g/mol. The molecule has 164 valence electrons. The van der Waals surface area contributed by atoms with Crippen molar-refractivity contribution in [1.29, 1.82) is 0 Å². The molecule has 7 nitrogen and oxygen atoms in total. The molecule has 1 aliphatic rings. The van der Waals surface area contributed by atoms with E-state index in [4.69, 9.17) is 18.9 Å². The quantitative estimate of drug-likeness (QED) is 0.475. The van der Waals surface area contributed by atoms with Crippen molar-refractivity contribution in [3.05, 3.63) is 59.7 Å². The fourth-order valence-corrected chi connectivity index (χ4v) is 3.30. The molecular formula is C24H27NO6. The van der Waals surface area contributed by atoms with Crippen molar-refractivity contribution in [3.63, 3.8) is 0 Å². The molecule has 0 saturated carbocycles. The van der Waals surface area contributed by atoms with Crippen LogP contribution < -0.4 is 14.2 Å². The lowest BCUT2D eigenvalue weighted by molar-refractivity contribution is -0.157. The van der Waals surface area contributed by atoms with Gasteiger partial charge in [0.1, 0.15) is 13.2 Å². The zero-order valence-electron chi connectivity index (χ0n) is 18.0. The summed E-state index contributed by atoms with van der Waals surface area (Å²) in [7, 11) is 1.54. The number of fused-ring (bicyclic) bond motifs is 1. The van der Waals surface area contributed by atoms with E-state index in [9.17, 15) is 9.59 Å². The van der Waals surface area contributed by atoms with Gasteiger partial charge in [0.25, 0.3) is 5.91 Å². The second-order valence-corrected chi connectivity index (χ2v) is 6.82. The van der Waals surface area contributed by atoms with Gasteiger partial charge in [0.2, 0.25) is 11.9 Å². The Morgan fingerprint density at radius 3 is 2.48 bits per heavy atom. The van der Waals surface area contributed by atoms with E-state index in [1.807, 2.05) is 32.0 Å². The maximum Gasteiger partial charge on any atom is 0.331 e. The van der Waals surface area contributed by atoms with Gasteiger partial charge in [-0.05, 0) is 37.6 Å². The molecule has 0 bridgehead atoms. The number of esters is 1. The number of benzene rings is 2. The molecule has 0 unspecified atom stereocenters. The Balaban J connectivity index is 1.79. The average Bonchev–Trinajstić information content (AvgIpc) is 2.81. The van der Waals surface area contributed by atoms with E-state index in [-0.39, 0.29) is 5.91 Å². The second kappa shape index (κ2) is 10.5. The SMILES string of the molecule is CCN(CC)C(=O)[C@H](OC(=O)/C=C/c1cc(OC)c2c(c1)OCCO2)c1ccccc1. The molecule has 3 rings (SSSR count). The second-order valence-electron chi connectivity index (χ2n) is 6.82. The summed E-state index contributed by atoms with van der Waals surface area (Å²) in [5.74, 6) is 0.742. The van der Waals surface area contributed by atoms with Crippen LogP contribution in [0.2, 0.25) is 0 Å². The molecule has 1 atom stereocenters.